The number of nitrogens with zero attached hydrogens (tertiary/aromatic N) is 2. The van der Waals surface area contributed by atoms with Crippen molar-refractivity contribution in [2.45, 2.75) is 6.92 Å². The molecule has 2 N–H and O–H groups in total. The van der Waals surface area contributed by atoms with Gasteiger partial charge in [0.25, 0.3) is 11.8 Å². The quantitative estimate of drug-likeness (QED) is 0.231. The highest BCUT2D eigenvalue weighted by molar-refractivity contribution is 7.80. The van der Waals surface area contributed by atoms with E-state index in [1.165, 1.54) is 4.90 Å². The molecule has 0 radical (unpaired) electrons. The van der Waals surface area contributed by atoms with Gasteiger partial charge < -0.3 is 10.1 Å². The van der Waals surface area contributed by atoms with Crippen LogP contribution < -0.4 is 20.4 Å². The zero-order valence-electron chi connectivity index (χ0n) is 18.8. The number of benzene rings is 3. The van der Waals surface area contributed by atoms with Crippen LogP contribution in [-0.4, -0.2) is 35.7 Å². The van der Waals surface area contributed by atoms with Crippen molar-refractivity contribution in [2.24, 2.45) is 11.0 Å². The number of anilines is 1. The Morgan fingerprint density at radius 1 is 1.03 bits per heavy atom. The SMILES string of the molecule is Cc1ccc(N2C(=O)[C@H](/C=N\NC(=O)COc3ccc(-c4ccccc4)cc3)C(=O)NC2=S)cc1. The number of hydrazone groups is 1. The number of amides is 3. The van der Waals surface area contributed by atoms with Gasteiger partial charge in [-0.15, -0.1) is 0 Å². The highest BCUT2D eigenvalue weighted by Gasteiger charge is 2.38. The summed E-state index contributed by atoms with van der Waals surface area (Å²) < 4.78 is 5.48. The van der Waals surface area contributed by atoms with E-state index in [0.717, 1.165) is 22.9 Å². The fourth-order valence-corrected chi connectivity index (χ4v) is 3.70. The third-order valence-corrected chi connectivity index (χ3v) is 5.52. The van der Waals surface area contributed by atoms with E-state index in [1.54, 1.807) is 24.3 Å². The number of carbonyl (C=O) groups excluding carboxylic acids is 3. The van der Waals surface area contributed by atoms with Crippen LogP contribution in [0, 0.1) is 12.8 Å². The third-order valence-electron chi connectivity index (χ3n) is 5.24. The van der Waals surface area contributed by atoms with Crippen molar-refractivity contribution >= 4 is 47.0 Å². The maximum absolute atomic E-state index is 12.9. The van der Waals surface area contributed by atoms with E-state index in [1.807, 2.05) is 61.5 Å². The highest BCUT2D eigenvalue weighted by Crippen LogP contribution is 2.22. The Balaban J connectivity index is 1.32. The van der Waals surface area contributed by atoms with E-state index in [-0.39, 0.29) is 11.7 Å². The molecule has 0 bridgehead atoms. The van der Waals surface area contributed by atoms with E-state index in [9.17, 15) is 14.4 Å². The molecule has 8 nitrogen and oxygen atoms in total. The van der Waals surface area contributed by atoms with Crippen LogP contribution in [0.1, 0.15) is 5.56 Å². The van der Waals surface area contributed by atoms with Gasteiger partial charge in [-0.1, -0.05) is 60.2 Å². The molecule has 1 saturated heterocycles. The van der Waals surface area contributed by atoms with E-state index in [0.29, 0.717) is 11.4 Å². The summed E-state index contributed by atoms with van der Waals surface area (Å²) in [7, 11) is 0. The Kier molecular flexibility index (Phi) is 7.27. The lowest BCUT2D eigenvalue weighted by molar-refractivity contribution is -0.130. The predicted octanol–water partition coefficient (Wildman–Crippen LogP) is 3.21. The molecule has 0 saturated carbocycles. The largest absolute Gasteiger partial charge is 0.484 e. The van der Waals surface area contributed by atoms with Crippen molar-refractivity contribution in [1.29, 1.82) is 0 Å². The molecule has 35 heavy (non-hydrogen) atoms. The first-order valence-corrected chi connectivity index (χ1v) is 11.2. The van der Waals surface area contributed by atoms with Crippen molar-refractivity contribution in [1.82, 2.24) is 10.7 Å². The number of thiocarbonyl (C=S) groups is 1. The summed E-state index contributed by atoms with van der Waals surface area (Å²) in [5.41, 5.74) is 5.93. The lowest BCUT2D eigenvalue weighted by Gasteiger charge is -2.30. The molecule has 4 rings (SSSR count). The summed E-state index contributed by atoms with van der Waals surface area (Å²) in [6, 6.07) is 24.4. The number of ether oxygens (including phenoxy) is 1. The molecule has 0 aliphatic carbocycles. The molecule has 0 aromatic heterocycles. The smallest absolute Gasteiger partial charge is 0.277 e. The summed E-state index contributed by atoms with van der Waals surface area (Å²) in [5, 5.41) is 6.26. The van der Waals surface area contributed by atoms with Crippen LogP contribution in [0.4, 0.5) is 5.69 Å². The average Bonchev–Trinajstić information content (AvgIpc) is 2.86. The summed E-state index contributed by atoms with van der Waals surface area (Å²) in [6.45, 7) is 1.63. The van der Waals surface area contributed by atoms with Gasteiger partial charge in [-0.2, -0.15) is 5.10 Å². The van der Waals surface area contributed by atoms with Crippen LogP contribution >= 0.6 is 12.2 Å². The van der Waals surface area contributed by atoms with Crippen molar-refractivity contribution in [3.63, 3.8) is 0 Å². The molecule has 9 heteroatoms. The molecule has 0 spiro atoms. The number of hydrogen-bond acceptors (Lipinski definition) is 6. The van der Waals surface area contributed by atoms with Crippen molar-refractivity contribution in [3.8, 4) is 16.9 Å². The van der Waals surface area contributed by atoms with E-state index in [2.05, 4.69) is 15.8 Å². The normalized spacial score (nSPS) is 15.7. The number of nitrogens with one attached hydrogen (secondary N) is 2. The van der Waals surface area contributed by atoms with Crippen LogP contribution in [-0.2, 0) is 14.4 Å². The number of rotatable bonds is 7. The lowest BCUT2D eigenvalue weighted by atomic mass is 10.1. The van der Waals surface area contributed by atoms with Crippen molar-refractivity contribution < 1.29 is 19.1 Å². The monoisotopic (exact) mass is 486 g/mol. The molecular weight excluding hydrogens is 464 g/mol. The second-order valence-corrected chi connectivity index (χ2v) is 8.16. The molecule has 1 fully saturated rings. The van der Waals surface area contributed by atoms with Gasteiger partial charge in [0.05, 0.1) is 5.69 Å². The van der Waals surface area contributed by atoms with Gasteiger partial charge in [-0.25, -0.2) is 5.43 Å². The van der Waals surface area contributed by atoms with Gasteiger partial charge in [0.2, 0.25) is 5.91 Å². The van der Waals surface area contributed by atoms with Gasteiger partial charge in [0, 0.05) is 6.21 Å². The predicted molar refractivity (Wildman–Crippen MR) is 137 cm³/mol. The number of carbonyl (C=O) groups is 3. The fourth-order valence-electron chi connectivity index (χ4n) is 3.40. The van der Waals surface area contributed by atoms with Crippen LogP contribution in [0.3, 0.4) is 0 Å². The van der Waals surface area contributed by atoms with Crippen molar-refractivity contribution in [3.05, 3.63) is 84.4 Å². The Morgan fingerprint density at radius 3 is 2.37 bits per heavy atom. The van der Waals surface area contributed by atoms with Gasteiger partial charge in [-0.3, -0.25) is 19.3 Å². The van der Waals surface area contributed by atoms with Gasteiger partial charge in [0.1, 0.15) is 5.75 Å². The molecule has 0 unspecified atom stereocenters. The third kappa shape index (κ3) is 5.77. The molecule has 3 aromatic carbocycles. The molecule has 1 aliphatic rings. The van der Waals surface area contributed by atoms with Crippen LogP contribution in [0.15, 0.2) is 84.0 Å². The minimum Gasteiger partial charge on any atom is -0.484 e. The lowest BCUT2D eigenvalue weighted by Crippen LogP contribution is -2.58. The topological polar surface area (TPSA) is 100 Å². The van der Waals surface area contributed by atoms with Gasteiger partial charge in [-0.05, 0) is 54.5 Å². The fraction of sp³-hybridized carbons (Fsp3) is 0.115. The maximum atomic E-state index is 12.9. The zero-order chi connectivity index (χ0) is 24.8. The van der Waals surface area contributed by atoms with E-state index in [4.69, 9.17) is 17.0 Å². The van der Waals surface area contributed by atoms with Crippen molar-refractivity contribution in [2.75, 3.05) is 11.5 Å². The minimum absolute atomic E-state index is 0.00998. The number of hydrogen-bond donors (Lipinski definition) is 2. The second kappa shape index (κ2) is 10.7. The zero-order valence-corrected chi connectivity index (χ0v) is 19.6. The van der Waals surface area contributed by atoms with Crippen LogP contribution in [0.2, 0.25) is 0 Å². The summed E-state index contributed by atoms with van der Waals surface area (Å²) in [6.07, 6.45) is 1.08. The molecule has 176 valence electrons. The van der Waals surface area contributed by atoms with Gasteiger partial charge >= 0.3 is 0 Å². The summed E-state index contributed by atoms with van der Waals surface area (Å²) >= 11 is 5.16. The van der Waals surface area contributed by atoms with Crippen LogP contribution in [0.5, 0.6) is 5.75 Å². The molecule has 3 aromatic rings. The first-order chi connectivity index (χ1) is 16.9. The highest BCUT2D eigenvalue weighted by atomic mass is 32.1. The molecule has 3 amide bonds. The summed E-state index contributed by atoms with van der Waals surface area (Å²) in [4.78, 5) is 38.5. The van der Waals surface area contributed by atoms with Crippen LogP contribution in [0.25, 0.3) is 11.1 Å². The Morgan fingerprint density at radius 2 is 1.69 bits per heavy atom. The molecular formula is C26H22N4O4S. The first-order valence-electron chi connectivity index (χ1n) is 10.8. The molecule has 1 heterocycles. The average molecular weight is 487 g/mol. The summed E-state index contributed by atoms with van der Waals surface area (Å²) in [5.74, 6) is -2.43. The molecule has 1 atom stereocenters. The Hall–Kier alpha value is -4.37. The van der Waals surface area contributed by atoms with E-state index >= 15 is 0 Å². The van der Waals surface area contributed by atoms with Gasteiger partial charge in [0.15, 0.2) is 17.6 Å². The minimum atomic E-state index is -1.24. The van der Waals surface area contributed by atoms with E-state index < -0.39 is 23.6 Å². The molecule has 1 aliphatic heterocycles. The second-order valence-electron chi connectivity index (χ2n) is 7.77. The first kappa shape index (κ1) is 23.8. The standard InChI is InChI=1S/C26H22N4O4S/c1-17-7-11-20(12-8-17)30-25(33)22(24(32)28-26(30)35)15-27-29-23(31)16-34-21-13-9-19(10-14-21)18-5-3-2-4-6-18/h2-15,22H,16H2,1H3,(H,29,31)(H,28,32,35)/b27-15-/t22-/m1/s1. The number of aryl methyl sites for hydroxylation is 1. The Bertz CT molecular complexity index is 1270. The Labute approximate surface area is 207 Å². The maximum Gasteiger partial charge on any atom is 0.277 e.